The average Bonchev–Trinajstić information content (AvgIpc) is 2.29. The molecule has 1 aliphatic rings. The number of ether oxygens (including phenoxy) is 1. The van der Waals surface area contributed by atoms with Crippen LogP contribution in [0.4, 0.5) is 11.4 Å². The summed E-state index contributed by atoms with van der Waals surface area (Å²) in [7, 11) is 1.49. The summed E-state index contributed by atoms with van der Waals surface area (Å²) >= 11 is 0. The summed E-state index contributed by atoms with van der Waals surface area (Å²) in [5, 5.41) is 0. The fourth-order valence-corrected chi connectivity index (χ4v) is 2.14. The number of carbonyl (C=O) groups is 2. The summed E-state index contributed by atoms with van der Waals surface area (Å²) in [6, 6.07) is 4.89. The molecule has 18 heavy (non-hydrogen) atoms. The minimum atomic E-state index is -0.193. The van der Waals surface area contributed by atoms with Crippen LogP contribution in [-0.2, 0) is 9.59 Å². The number of rotatable bonds is 2. The van der Waals surface area contributed by atoms with Crippen LogP contribution < -0.4 is 15.4 Å². The summed E-state index contributed by atoms with van der Waals surface area (Å²) < 4.78 is 5.18. The van der Waals surface area contributed by atoms with E-state index in [-0.39, 0.29) is 17.7 Å². The molecule has 1 saturated heterocycles. The third-order valence-electron chi connectivity index (χ3n) is 2.99. The number of anilines is 2. The molecule has 0 aliphatic carbocycles. The molecule has 0 bridgehead atoms. The highest BCUT2D eigenvalue weighted by Gasteiger charge is 2.33. The number of methoxy groups -OCH3 is 1. The quantitative estimate of drug-likeness (QED) is 0.637. The van der Waals surface area contributed by atoms with Crippen molar-refractivity contribution in [1.82, 2.24) is 0 Å². The monoisotopic (exact) mass is 248 g/mol. The van der Waals surface area contributed by atoms with Gasteiger partial charge in [-0.2, -0.15) is 0 Å². The van der Waals surface area contributed by atoms with E-state index in [9.17, 15) is 9.59 Å². The van der Waals surface area contributed by atoms with Crippen LogP contribution in [0.1, 0.15) is 19.8 Å². The van der Waals surface area contributed by atoms with Crippen molar-refractivity contribution in [2.45, 2.75) is 19.8 Å². The van der Waals surface area contributed by atoms with Gasteiger partial charge in [0.1, 0.15) is 5.75 Å². The van der Waals surface area contributed by atoms with Gasteiger partial charge >= 0.3 is 0 Å². The molecule has 5 nitrogen and oxygen atoms in total. The van der Waals surface area contributed by atoms with Crippen LogP contribution in [0.5, 0.6) is 5.75 Å². The lowest BCUT2D eigenvalue weighted by Crippen LogP contribution is -2.43. The smallest absolute Gasteiger partial charge is 0.234 e. The maximum Gasteiger partial charge on any atom is 0.234 e. The van der Waals surface area contributed by atoms with E-state index in [0.717, 1.165) is 0 Å². The van der Waals surface area contributed by atoms with E-state index in [1.165, 1.54) is 12.0 Å². The first-order chi connectivity index (χ1) is 8.52. The lowest BCUT2D eigenvalue weighted by atomic mass is 9.97. The Labute approximate surface area is 106 Å². The van der Waals surface area contributed by atoms with Crippen molar-refractivity contribution in [3.05, 3.63) is 18.2 Å². The van der Waals surface area contributed by atoms with Crippen molar-refractivity contribution in [3.63, 3.8) is 0 Å². The van der Waals surface area contributed by atoms with Gasteiger partial charge in [0, 0.05) is 24.6 Å². The van der Waals surface area contributed by atoms with Crippen molar-refractivity contribution in [2.24, 2.45) is 5.92 Å². The first kappa shape index (κ1) is 12.4. The summed E-state index contributed by atoms with van der Waals surface area (Å²) in [5.41, 5.74) is 6.65. The number of imide groups is 1. The Morgan fingerprint density at radius 1 is 1.28 bits per heavy atom. The van der Waals surface area contributed by atoms with Crippen molar-refractivity contribution in [2.75, 3.05) is 17.7 Å². The van der Waals surface area contributed by atoms with Gasteiger partial charge in [0.25, 0.3) is 0 Å². The molecule has 2 N–H and O–H groups in total. The van der Waals surface area contributed by atoms with Crippen LogP contribution in [0.2, 0.25) is 0 Å². The zero-order valence-electron chi connectivity index (χ0n) is 10.5. The number of nitrogen functional groups attached to an aromatic ring is 1. The Morgan fingerprint density at radius 3 is 2.44 bits per heavy atom. The molecular weight excluding hydrogens is 232 g/mol. The predicted molar refractivity (Wildman–Crippen MR) is 68.3 cm³/mol. The second kappa shape index (κ2) is 4.68. The van der Waals surface area contributed by atoms with Crippen molar-refractivity contribution >= 4 is 23.2 Å². The predicted octanol–water partition coefficient (Wildman–Crippen LogP) is 1.57. The molecule has 0 aromatic heterocycles. The standard InChI is InChI=1S/C13H16N2O3/c1-8-5-12(16)15(13(17)6-8)10-4-3-9(14)7-11(10)18-2/h3-4,7-8H,5-6,14H2,1-2H3. The summed E-state index contributed by atoms with van der Waals surface area (Å²) in [6.07, 6.45) is 0.749. The number of carbonyl (C=O) groups excluding carboxylic acids is 2. The van der Waals surface area contributed by atoms with E-state index in [1.807, 2.05) is 6.92 Å². The molecule has 0 saturated carbocycles. The van der Waals surface area contributed by atoms with Crippen LogP contribution in [0.3, 0.4) is 0 Å². The number of nitrogens with two attached hydrogens (primary N) is 1. The molecule has 0 radical (unpaired) electrons. The maximum absolute atomic E-state index is 12.0. The van der Waals surface area contributed by atoms with Gasteiger partial charge in [-0.15, -0.1) is 0 Å². The molecular formula is C13H16N2O3. The fourth-order valence-electron chi connectivity index (χ4n) is 2.14. The topological polar surface area (TPSA) is 72.6 Å². The second-order valence-corrected chi connectivity index (χ2v) is 4.57. The number of hydrogen-bond donors (Lipinski definition) is 1. The maximum atomic E-state index is 12.0. The number of amides is 2. The Bertz CT molecular complexity index is 481. The zero-order chi connectivity index (χ0) is 13.3. The second-order valence-electron chi connectivity index (χ2n) is 4.57. The summed E-state index contributed by atoms with van der Waals surface area (Å²) in [4.78, 5) is 25.2. The van der Waals surface area contributed by atoms with Gasteiger partial charge in [0.2, 0.25) is 11.8 Å². The molecule has 0 unspecified atom stereocenters. The van der Waals surface area contributed by atoms with E-state index in [2.05, 4.69) is 0 Å². The van der Waals surface area contributed by atoms with Gasteiger partial charge in [-0.3, -0.25) is 9.59 Å². The van der Waals surface area contributed by atoms with Crippen LogP contribution in [-0.4, -0.2) is 18.9 Å². The molecule has 2 amide bonds. The summed E-state index contributed by atoms with van der Waals surface area (Å²) in [5.74, 6) is 0.149. The molecule has 96 valence electrons. The molecule has 0 atom stereocenters. The highest BCUT2D eigenvalue weighted by atomic mass is 16.5. The Hall–Kier alpha value is -2.04. The minimum Gasteiger partial charge on any atom is -0.494 e. The highest BCUT2D eigenvalue weighted by molar-refractivity contribution is 6.17. The Balaban J connectivity index is 2.41. The first-order valence-electron chi connectivity index (χ1n) is 5.82. The van der Waals surface area contributed by atoms with Crippen molar-refractivity contribution < 1.29 is 14.3 Å². The highest BCUT2D eigenvalue weighted by Crippen LogP contribution is 2.34. The third-order valence-corrected chi connectivity index (χ3v) is 2.99. The average molecular weight is 248 g/mol. The Kier molecular flexibility index (Phi) is 3.23. The Morgan fingerprint density at radius 2 is 1.89 bits per heavy atom. The number of nitrogens with zero attached hydrogens (tertiary/aromatic N) is 1. The van der Waals surface area contributed by atoms with E-state index < -0.39 is 0 Å². The number of piperidine rings is 1. The van der Waals surface area contributed by atoms with E-state index in [4.69, 9.17) is 10.5 Å². The third kappa shape index (κ3) is 2.16. The zero-order valence-corrected chi connectivity index (χ0v) is 10.5. The molecule has 1 heterocycles. The van der Waals surface area contributed by atoms with Crippen LogP contribution in [0.15, 0.2) is 18.2 Å². The number of benzene rings is 1. The molecule has 1 aromatic rings. The lowest BCUT2D eigenvalue weighted by molar-refractivity contribution is -0.130. The summed E-state index contributed by atoms with van der Waals surface area (Å²) in [6.45, 7) is 1.90. The van der Waals surface area contributed by atoms with Crippen molar-refractivity contribution in [1.29, 1.82) is 0 Å². The molecule has 0 spiro atoms. The fraction of sp³-hybridized carbons (Fsp3) is 0.385. The van der Waals surface area contributed by atoms with Crippen LogP contribution >= 0.6 is 0 Å². The van der Waals surface area contributed by atoms with Crippen LogP contribution in [0.25, 0.3) is 0 Å². The van der Waals surface area contributed by atoms with E-state index >= 15 is 0 Å². The van der Waals surface area contributed by atoms with Gasteiger partial charge in [-0.25, -0.2) is 4.90 Å². The van der Waals surface area contributed by atoms with Crippen molar-refractivity contribution in [3.8, 4) is 5.75 Å². The minimum absolute atomic E-state index is 0.0982. The SMILES string of the molecule is COc1cc(N)ccc1N1C(=O)CC(C)CC1=O. The van der Waals surface area contributed by atoms with E-state index in [0.29, 0.717) is 30.0 Å². The van der Waals surface area contributed by atoms with Gasteiger partial charge in [0.05, 0.1) is 12.8 Å². The van der Waals surface area contributed by atoms with Crippen LogP contribution in [0, 0.1) is 5.92 Å². The number of hydrogen-bond acceptors (Lipinski definition) is 4. The normalized spacial score (nSPS) is 17.1. The van der Waals surface area contributed by atoms with E-state index in [1.54, 1.807) is 18.2 Å². The largest absolute Gasteiger partial charge is 0.494 e. The molecule has 1 fully saturated rings. The van der Waals surface area contributed by atoms with Gasteiger partial charge < -0.3 is 10.5 Å². The molecule has 1 aromatic carbocycles. The molecule has 5 heteroatoms. The van der Waals surface area contributed by atoms with Gasteiger partial charge in [-0.05, 0) is 18.1 Å². The van der Waals surface area contributed by atoms with Gasteiger partial charge in [0.15, 0.2) is 0 Å². The molecule has 1 aliphatic heterocycles. The van der Waals surface area contributed by atoms with Gasteiger partial charge in [-0.1, -0.05) is 6.92 Å². The molecule has 2 rings (SSSR count). The lowest BCUT2D eigenvalue weighted by Gasteiger charge is -2.29. The first-order valence-corrected chi connectivity index (χ1v) is 5.82.